The van der Waals surface area contributed by atoms with Gasteiger partial charge in [-0.05, 0) is 53.6 Å². The van der Waals surface area contributed by atoms with Gasteiger partial charge in [-0.2, -0.15) is 0 Å². The summed E-state index contributed by atoms with van der Waals surface area (Å²) in [6.07, 6.45) is 0. The molecule has 0 radical (unpaired) electrons. The Morgan fingerprint density at radius 3 is 1.70 bits per heavy atom. The summed E-state index contributed by atoms with van der Waals surface area (Å²) in [4.78, 5) is 15.3. The third-order valence-corrected chi connectivity index (χ3v) is 10.6. The maximum absolute atomic E-state index is 5.16. The molecule has 5 heteroatoms. The highest BCUT2D eigenvalue weighted by molar-refractivity contribution is 7.25. The number of nitrogens with zero attached hydrogens (tertiary/aromatic N) is 4. The van der Waals surface area contributed by atoms with Crippen molar-refractivity contribution in [1.29, 1.82) is 0 Å². The molecule has 10 rings (SSSR count). The van der Waals surface area contributed by atoms with Crippen molar-refractivity contribution in [2.45, 2.75) is 0 Å². The van der Waals surface area contributed by atoms with Crippen molar-refractivity contribution in [2.75, 3.05) is 0 Å². The molecule has 0 aliphatic heterocycles. The third-order valence-electron chi connectivity index (χ3n) is 9.47. The fourth-order valence-corrected chi connectivity index (χ4v) is 8.28. The van der Waals surface area contributed by atoms with Crippen LogP contribution in [0.25, 0.3) is 93.0 Å². The summed E-state index contributed by atoms with van der Waals surface area (Å²) in [5.74, 6) is 1.97. The van der Waals surface area contributed by atoms with Gasteiger partial charge < -0.3 is 4.57 Å². The van der Waals surface area contributed by atoms with Crippen molar-refractivity contribution in [2.24, 2.45) is 0 Å². The van der Waals surface area contributed by atoms with Crippen LogP contribution in [0.5, 0.6) is 0 Å². The normalized spacial score (nSPS) is 11.6. The van der Waals surface area contributed by atoms with Crippen molar-refractivity contribution in [3.8, 4) is 51.0 Å². The van der Waals surface area contributed by atoms with Crippen LogP contribution in [0.3, 0.4) is 0 Å². The molecule has 0 bridgehead atoms. The van der Waals surface area contributed by atoms with E-state index in [9.17, 15) is 0 Å². The molecule has 0 fully saturated rings. The van der Waals surface area contributed by atoms with Crippen LogP contribution in [0.2, 0.25) is 0 Å². The fraction of sp³-hybridized carbons (Fsp3) is 0. The molecule has 0 unspecified atom stereocenters. The van der Waals surface area contributed by atoms with Crippen LogP contribution in [0, 0.1) is 0 Å². The molecule has 0 spiro atoms. The van der Waals surface area contributed by atoms with Gasteiger partial charge in [-0.15, -0.1) is 11.3 Å². The molecule has 3 heterocycles. The number of rotatable bonds is 5. The van der Waals surface area contributed by atoms with E-state index >= 15 is 0 Å². The first-order valence-corrected chi connectivity index (χ1v) is 17.5. The molecule has 0 aliphatic carbocycles. The monoisotopic (exact) mass is 656 g/mol. The van der Waals surface area contributed by atoms with Crippen LogP contribution in [-0.2, 0) is 0 Å². The second kappa shape index (κ2) is 11.6. The largest absolute Gasteiger partial charge is 0.309 e. The molecular weight excluding hydrogens is 629 g/mol. The van der Waals surface area contributed by atoms with E-state index in [2.05, 4.69) is 156 Å². The molecule has 0 aliphatic rings. The van der Waals surface area contributed by atoms with Crippen molar-refractivity contribution >= 4 is 53.3 Å². The fourth-order valence-electron chi connectivity index (χ4n) is 7.14. The van der Waals surface area contributed by atoms with Crippen LogP contribution in [0.15, 0.2) is 170 Å². The van der Waals surface area contributed by atoms with E-state index in [0.29, 0.717) is 17.5 Å². The SMILES string of the molecule is c1ccc(-c2nc(-c3cccc(-c4ccc(-n5c6ccccc6c6ccccc65)cc4)c3)nc(-c3cccc4sc5ccccc5c34)n2)cc1. The lowest BCUT2D eigenvalue weighted by Crippen LogP contribution is -2.00. The summed E-state index contributed by atoms with van der Waals surface area (Å²) >= 11 is 1.80. The van der Waals surface area contributed by atoms with Gasteiger partial charge in [0.15, 0.2) is 17.5 Å². The first kappa shape index (κ1) is 28.6. The molecule has 0 saturated carbocycles. The number of fused-ring (bicyclic) bond motifs is 6. The van der Waals surface area contributed by atoms with Gasteiger partial charge in [0.1, 0.15) is 0 Å². The highest BCUT2D eigenvalue weighted by Crippen LogP contribution is 2.40. The second-order valence-electron chi connectivity index (χ2n) is 12.4. The molecule has 0 atom stereocenters. The minimum atomic E-state index is 0.647. The quantitative estimate of drug-likeness (QED) is 0.185. The van der Waals surface area contributed by atoms with Crippen LogP contribution >= 0.6 is 11.3 Å². The second-order valence-corrected chi connectivity index (χ2v) is 13.5. The lowest BCUT2D eigenvalue weighted by Gasteiger charge is -2.11. The molecule has 0 N–H and O–H groups in total. The third kappa shape index (κ3) is 4.71. The minimum absolute atomic E-state index is 0.647. The highest BCUT2D eigenvalue weighted by Gasteiger charge is 2.17. The minimum Gasteiger partial charge on any atom is -0.309 e. The summed E-state index contributed by atoms with van der Waals surface area (Å²) < 4.78 is 4.82. The van der Waals surface area contributed by atoms with Gasteiger partial charge >= 0.3 is 0 Å². The van der Waals surface area contributed by atoms with Gasteiger partial charge in [0.2, 0.25) is 0 Å². The van der Waals surface area contributed by atoms with Crippen LogP contribution in [0.1, 0.15) is 0 Å². The average Bonchev–Trinajstić information content (AvgIpc) is 3.74. The van der Waals surface area contributed by atoms with Crippen LogP contribution in [0.4, 0.5) is 0 Å². The van der Waals surface area contributed by atoms with Crippen LogP contribution in [-0.4, -0.2) is 19.5 Å². The van der Waals surface area contributed by atoms with Crippen molar-refractivity contribution in [1.82, 2.24) is 19.5 Å². The summed E-state index contributed by atoms with van der Waals surface area (Å²) in [6, 6.07) is 59.7. The smallest absolute Gasteiger partial charge is 0.164 e. The Morgan fingerprint density at radius 2 is 0.940 bits per heavy atom. The van der Waals surface area contributed by atoms with Gasteiger partial charge in [0.05, 0.1) is 11.0 Å². The number of aromatic nitrogens is 4. The zero-order valence-electron chi connectivity index (χ0n) is 26.9. The zero-order chi connectivity index (χ0) is 33.0. The molecule has 4 nitrogen and oxygen atoms in total. The van der Waals surface area contributed by atoms with E-state index in [-0.39, 0.29) is 0 Å². The Bertz CT molecular complexity index is 2810. The number of hydrogen-bond donors (Lipinski definition) is 0. The van der Waals surface area contributed by atoms with Gasteiger partial charge in [0, 0.05) is 53.3 Å². The van der Waals surface area contributed by atoms with Gasteiger partial charge in [0.25, 0.3) is 0 Å². The van der Waals surface area contributed by atoms with E-state index in [1.807, 2.05) is 18.2 Å². The predicted octanol–water partition coefficient (Wildman–Crippen LogP) is 12.0. The lowest BCUT2D eigenvalue weighted by molar-refractivity contribution is 1.08. The van der Waals surface area contributed by atoms with E-state index in [1.165, 1.54) is 42.0 Å². The molecule has 50 heavy (non-hydrogen) atoms. The number of para-hydroxylation sites is 2. The maximum Gasteiger partial charge on any atom is 0.164 e. The summed E-state index contributed by atoms with van der Waals surface area (Å²) in [5.41, 5.74) is 8.68. The average molecular weight is 657 g/mol. The number of benzene rings is 7. The molecular formula is C45H28N4S. The Labute approximate surface area is 292 Å². The van der Waals surface area contributed by atoms with Gasteiger partial charge in [-0.25, -0.2) is 15.0 Å². The summed E-state index contributed by atoms with van der Waals surface area (Å²) in [6.45, 7) is 0. The topological polar surface area (TPSA) is 43.6 Å². The van der Waals surface area contributed by atoms with E-state index < -0.39 is 0 Å². The van der Waals surface area contributed by atoms with Crippen molar-refractivity contribution < 1.29 is 0 Å². The molecule has 0 saturated heterocycles. The van der Waals surface area contributed by atoms with Gasteiger partial charge in [-0.1, -0.05) is 127 Å². The predicted molar refractivity (Wildman–Crippen MR) is 209 cm³/mol. The highest BCUT2D eigenvalue weighted by atomic mass is 32.1. The van der Waals surface area contributed by atoms with Crippen molar-refractivity contribution in [3.63, 3.8) is 0 Å². The van der Waals surface area contributed by atoms with E-state index in [1.54, 1.807) is 11.3 Å². The standard InChI is InChI=1S/C45H28N4S/c1-2-12-30(13-3-1)43-46-44(48-45(47-43)37-19-11-23-41-42(37)36-18-6-9-22-40(36)50-41)32-15-10-14-31(28-32)29-24-26-33(27-25-29)49-38-20-7-4-16-34(38)35-17-5-8-21-39(35)49/h1-28H. The molecule has 10 aromatic rings. The first-order chi connectivity index (χ1) is 24.8. The number of hydrogen-bond acceptors (Lipinski definition) is 4. The van der Waals surface area contributed by atoms with E-state index in [0.717, 1.165) is 33.5 Å². The molecule has 0 amide bonds. The first-order valence-electron chi connectivity index (χ1n) is 16.7. The Hall–Kier alpha value is -6.43. The maximum atomic E-state index is 5.16. The van der Waals surface area contributed by atoms with E-state index in [4.69, 9.17) is 15.0 Å². The summed E-state index contributed by atoms with van der Waals surface area (Å²) in [7, 11) is 0. The summed E-state index contributed by atoms with van der Waals surface area (Å²) in [5, 5.41) is 4.92. The molecule has 3 aromatic heterocycles. The Morgan fingerprint density at radius 1 is 0.380 bits per heavy atom. The van der Waals surface area contributed by atoms with Crippen LogP contribution < -0.4 is 0 Å². The Balaban J connectivity index is 1.09. The van der Waals surface area contributed by atoms with Gasteiger partial charge in [-0.3, -0.25) is 0 Å². The molecule has 7 aromatic carbocycles. The number of thiophene rings is 1. The Kier molecular flexibility index (Phi) is 6.64. The lowest BCUT2D eigenvalue weighted by atomic mass is 10.0. The zero-order valence-corrected chi connectivity index (χ0v) is 27.7. The van der Waals surface area contributed by atoms with Crippen molar-refractivity contribution in [3.05, 3.63) is 170 Å². The molecule has 234 valence electrons.